The number of aryl methyl sites for hydroxylation is 1. The van der Waals surface area contributed by atoms with Crippen molar-refractivity contribution in [1.82, 2.24) is 4.98 Å². The average molecular weight is 367 g/mol. The largest absolute Gasteiger partial charge is 0.459 e. The van der Waals surface area contributed by atoms with E-state index in [1.807, 2.05) is 0 Å². The fraction of sp³-hybridized carbons (Fsp3) is 0.0556. The Bertz CT molecular complexity index is 1100. The summed E-state index contributed by atoms with van der Waals surface area (Å²) in [4.78, 5) is 29.1. The number of oxazole rings is 1. The lowest BCUT2D eigenvalue weighted by Crippen LogP contribution is -2.10. The van der Waals surface area contributed by atoms with Crippen molar-refractivity contribution in [2.24, 2.45) is 0 Å². The summed E-state index contributed by atoms with van der Waals surface area (Å²) in [6.45, 7) is 1.77. The standard InChI is InChI=1S/C18H13N3O4S/c1-10-19-12-9-11(4-5-13(12)25-10)20-18(23)15-6-7-16(26-15)21-17(22)14-3-2-8-24-14/h2-9H,1H3,(H,20,23)(H,21,22). The van der Waals surface area contributed by atoms with Crippen molar-refractivity contribution < 1.29 is 18.4 Å². The molecular formula is C18H13N3O4S. The van der Waals surface area contributed by atoms with Crippen molar-refractivity contribution >= 4 is 44.9 Å². The van der Waals surface area contributed by atoms with Gasteiger partial charge in [-0.3, -0.25) is 9.59 Å². The topological polar surface area (TPSA) is 97.4 Å². The van der Waals surface area contributed by atoms with E-state index in [0.717, 1.165) is 0 Å². The molecule has 26 heavy (non-hydrogen) atoms. The summed E-state index contributed by atoms with van der Waals surface area (Å²) < 4.78 is 10.5. The van der Waals surface area contributed by atoms with Gasteiger partial charge in [-0.2, -0.15) is 0 Å². The Kier molecular flexibility index (Phi) is 4.02. The van der Waals surface area contributed by atoms with E-state index in [1.165, 1.54) is 17.6 Å². The van der Waals surface area contributed by atoms with Gasteiger partial charge in [0.15, 0.2) is 17.2 Å². The van der Waals surface area contributed by atoms with Crippen molar-refractivity contribution in [3.05, 3.63) is 65.3 Å². The highest BCUT2D eigenvalue weighted by molar-refractivity contribution is 7.18. The summed E-state index contributed by atoms with van der Waals surface area (Å²) in [7, 11) is 0. The number of thiophene rings is 1. The minimum Gasteiger partial charge on any atom is -0.459 e. The first-order chi connectivity index (χ1) is 12.6. The maximum atomic E-state index is 12.4. The predicted molar refractivity (Wildman–Crippen MR) is 97.7 cm³/mol. The zero-order valence-electron chi connectivity index (χ0n) is 13.6. The summed E-state index contributed by atoms with van der Waals surface area (Å²) in [6.07, 6.45) is 1.43. The number of hydrogen-bond acceptors (Lipinski definition) is 6. The summed E-state index contributed by atoms with van der Waals surface area (Å²) in [5, 5.41) is 6.06. The predicted octanol–water partition coefficient (Wildman–Crippen LogP) is 4.30. The molecule has 0 fully saturated rings. The number of carbonyl (C=O) groups is 2. The zero-order chi connectivity index (χ0) is 18.1. The number of aromatic nitrogens is 1. The molecule has 8 heteroatoms. The Labute approximate surface area is 151 Å². The Morgan fingerprint density at radius 3 is 2.77 bits per heavy atom. The molecule has 4 aromatic rings. The minimum absolute atomic E-state index is 0.209. The molecule has 2 N–H and O–H groups in total. The molecule has 0 aliphatic rings. The SMILES string of the molecule is Cc1nc2cc(NC(=O)c3ccc(NC(=O)c4ccco4)s3)ccc2o1. The van der Waals surface area contributed by atoms with E-state index in [4.69, 9.17) is 8.83 Å². The number of furan rings is 1. The molecule has 0 radical (unpaired) electrons. The number of amides is 2. The Balaban J connectivity index is 1.46. The number of carbonyl (C=O) groups excluding carboxylic acids is 2. The molecule has 0 bridgehead atoms. The van der Waals surface area contributed by atoms with Crippen molar-refractivity contribution in [2.45, 2.75) is 6.92 Å². The van der Waals surface area contributed by atoms with Crippen LogP contribution in [0.4, 0.5) is 10.7 Å². The van der Waals surface area contributed by atoms with E-state index in [-0.39, 0.29) is 17.6 Å². The lowest BCUT2D eigenvalue weighted by atomic mass is 10.3. The van der Waals surface area contributed by atoms with Crippen LogP contribution in [0.5, 0.6) is 0 Å². The second-order valence-electron chi connectivity index (χ2n) is 5.46. The highest BCUT2D eigenvalue weighted by atomic mass is 32.1. The Hall–Kier alpha value is -3.39. The van der Waals surface area contributed by atoms with Gasteiger partial charge in [-0.15, -0.1) is 11.3 Å². The molecule has 3 heterocycles. The van der Waals surface area contributed by atoms with Crippen LogP contribution in [0.3, 0.4) is 0 Å². The number of fused-ring (bicyclic) bond motifs is 1. The van der Waals surface area contributed by atoms with Gasteiger partial charge in [-0.1, -0.05) is 0 Å². The van der Waals surface area contributed by atoms with Crippen molar-refractivity contribution in [3.63, 3.8) is 0 Å². The third-order valence-electron chi connectivity index (χ3n) is 3.56. The maximum Gasteiger partial charge on any atom is 0.291 e. The van der Waals surface area contributed by atoms with Gasteiger partial charge < -0.3 is 19.5 Å². The second-order valence-corrected chi connectivity index (χ2v) is 6.55. The van der Waals surface area contributed by atoms with E-state index in [1.54, 1.807) is 49.4 Å². The van der Waals surface area contributed by atoms with E-state index >= 15 is 0 Å². The molecule has 2 amide bonds. The molecule has 0 spiro atoms. The lowest BCUT2D eigenvalue weighted by Gasteiger charge is -2.03. The van der Waals surface area contributed by atoms with E-state index in [9.17, 15) is 9.59 Å². The highest BCUT2D eigenvalue weighted by Crippen LogP contribution is 2.25. The smallest absolute Gasteiger partial charge is 0.291 e. The molecule has 7 nitrogen and oxygen atoms in total. The number of rotatable bonds is 4. The molecule has 4 rings (SSSR count). The van der Waals surface area contributed by atoms with Crippen LogP contribution in [0, 0.1) is 6.92 Å². The molecule has 0 aliphatic heterocycles. The van der Waals surface area contributed by atoms with Crippen LogP contribution in [0.1, 0.15) is 26.1 Å². The molecule has 130 valence electrons. The van der Waals surface area contributed by atoms with Gasteiger partial charge in [0.25, 0.3) is 11.8 Å². The van der Waals surface area contributed by atoms with E-state index in [0.29, 0.717) is 32.6 Å². The minimum atomic E-state index is -0.365. The summed E-state index contributed by atoms with van der Waals surface area (Å²) in [6, 6.07) is 11.8. The lowest BCUT2D eigenvalue weighted by molar-refractivity contribution is 0.0995. The number of nitrogens with zero attached hydrogens (tertiary/aromatic N) is 1. The first kappa shape index (κ1) is 16.1. The summed E-state index contributed by atoms with van der Waals surface area (Å²) in [5.74, 6) is 0.142. The number of nitrogens with one attached hydrogen (secondary N) is 2. The second kappa shape index (κ2) is 6.49. The van der Waals surface area contributed by atoms with Crippen LogP contribution in [0.25, 0.3) is 11.1 Å². The van der Waals surface area contributed by atoms with Crippen LogP contribution in [-0.4, -0.2) is 16.8 Å². The summed E-state index contributed by atoms with van der Waals surface area (Å²) in [5.41, 5.74) is 1.96. The van der Waals surface area contributed by atoms with Gasteiger partial charge in [-0.05, 0) is 42.5 Å². The number of benzene rings is 1. The number of anilines is 2. The van der Waals surface area contributed by atoms with Gasteiger partial charge in [0, 0.05) is 12.6 Å². The monoisotopic (exact) mass is 367 g/mol. The molecule has 0 aliphatic carbocycles. The summed E-state index contributed by atoms with van der Waals surface area (Å²) >= 11 is 1.17. The maximum absolute atomic E-state index is 12.4. The molecule has 0 atom stereocenters. The first-order valence-electron chi connectivity index (χ1n) is 7.72. The van der Waals surface area contributed by atoms with Gasteiger partial charge in [0.05, 0.1) is 16.1 Å². The number of hydrogen-bond donors (Lipinski definition) is 2. The zero-order valence-corrected chi connectivity index (χ0v) is 14.4. The Morgan fingerprint density at radius 1 is 1.08 bits per heavy atom. The molecule has 0 unspecified atom stereocenters. The third-order valence-corrected chi connectivity index (χ3v) is 4.56. The van der Waals surface area contributed by atoms with Gasteiger partial charge in [0.1, 0.15) is 5.52 Å². The molecular weight excluding hydrogens is 354 g/mol. The van der Waals surface area contributed by atoms with Crippen LogP contribution < -0.4 is 10.6 Å². The normalized spacial score (nSPS) is 10.8. The van der Waals surface area contributed by atoms with Crippen LogP contribution in [0.15, 0.2) is 57.6 Å². The molecule has 0 saturated heterocycles. The fourth-order valence-electron chi connectivity index (χ4n) is 2.42. The highest BCUT2D eigenvalue weighted by Gasteiger charge is 2.14. The van der Waals surface area contributed by atoms with Gasteiger partial charge >= 0.3 is 0 Å². The van der Waals surface area contributed by atoms with E-state index < -0.39 is 0 Å². The van der Waals surface area contributed by atoms with Crippen molar-refractivity contribution in [2.75, 3.05) is 10.6 Å². The van der Waals surface area contributed by atoms with Gasteiger partial charge in [0.2, 0.25) is 0 Å². The quantitative estimate of drug-likeness (QED) is 0.561. The van der Waals surface area contributed by atoms with Crippen LogP contribution in [0.2, 0.25) is 0 Å². The third kappa shape index (κ3) is 3.22. The van der Waals surface area contributed by atoms with E-state index in [2.05, 4.69) is 15.6 Å². The fourth-order valence-corrected chi connectivity index (χ4v) is 3.22. The average Bonchev–Trinajstić information content (AvgIpc) is 3.34. The molecule has 3 aromatic heterocycles. The molecule has 1 aromatic carbocycles. The van der Waals surface area contributed by atoms with Crippen molar-refractivity contribution in [1.29, 1.82) is 0 Å². The first-order valence-corrected chi connectivity index (χ1v) is 8.53. The van der Waals surface area contributed by atoms with Crippen LogP contribution in [-0.2, 0) is 0 Å². The van der Waals surface area contributed by atoms with Crippen molar-refractivity contribution in [3.8, 4) is 0 Å². The molecule has 0 saturated carbocycles. The van der Waals surface area contributed by atoms with Gasteiger partial charge in [-0.25, -0.2) is 4.98 Å². The van der Waals surface area contributed by atoms with Crippen LogP contribution >= 0.6 is 11.3 Å². The Morgan fingerprint density at radius 2 is 1.96 bits per heavy atom.